The summed E-state index contributed by atoms with van der Waals surface area (Å²) in [4.78, 5) is 39.4. The van der Waals surface area contributed by atoms with E-state index in [0.717, 1.165) is 4.90 Å². The molecule has 0 aliphatic carbocycles. The predicted octanol–water partition coefficient (Wildman–Crippen LogP) is 7.66. The average Bonchev–Trinajstić information content (AvgIpc) is 2.96. The lowest BCUT2D eigenvalue weighted by atomic mass is 10.1. The molecule has 3 amide bonds. The summed E-state index contributed by atoms with van der Waals surface area (Å²) in [6.07, 6.45) is 1.54. The number of halogens is 3. The van der Waals surface area contributed by atoms with Gasteiger partial charge in [-0.15, -0.1) is 11.8 Å². The number of hydrogen-bond donors (Lipinski definition) is 3. The molecule has 6 nitrogen and oxygen atoms in total. The van der Waals surface area contributed by atoms with Crippen LogP contribution in [-0.2, 0) is 9.59 Å². The molecule has 0 aromatic heterocycles. The SMILES string of the molecule is CC(Sc1ccc(NC(=O)/C(=C/c2cccc(Cl)c2)NC(=O)c2ccccc2)cc1)C(=O)Nc1ccc(F)c(Cl)c1. The first kappa shape index (κ1) is 29.9. The molecule has 208 valence electrons. The van der Waals surface area contributed by atoms with E-state index in [2.05, 4.69) is 16.0 Å². The minimum atomic E-state index is -0.565. The molecule has 3 N–H and O–H groups in total. The van der Waals surface area contributed by atoms with Crippen LogP contribution in [0.25, 0.3) is 6.08 Å². The number of carbonyl (C=O) groups is 3. The number of hydrogen-bond acceptors (Lipinski definition) is 4. The van der Waals surface area contributed by atoms with Crippen LogP contribution in [0.2, 0.25) is 10.0 Å². The van der Waals surface area contributed by atoms with Gasteiger partial charge >= 0.3 is 0 Å². The van der Waals surface area contributed by atoms with E-state index in [4.69, 9.17) is 23.2 Å². The van der Waals surface area contributed by atoms with Crippen LogP contribution in [0.5, 0.6) is 0 Å². The third-order valence-corrected chi connectivity index (χ3v) is 7.31. The second-order valence-corrected chi connectivity index (χ2v) is 11.0. The summed E-state index contributed by atoms with van der Waals surface area (Å²) in [5.41, 5.74) is 1.96. The Hall–Kier alpha value is -4.11. The van der Waals surface area contributed by atoms with E-state index in [1.54, 1.807) is 91.9 Å². The van der Waals surface area contributed by atoms with Crippen molar-refractivity contribution in [3.8, 4) is 0 Å². The number of nitrogens with one attached hydrogen (secondary N) is 3. The lowest BCUT2D eigenvalue weighted by molar-refractivity contribution is -0.115. The van der Waals surface area contributed by atoms with Crippen molar-refractivity contribution in [2.24, 2.45) is 0 Å². The minimum Gasteiger partial charge on any atom is -0.325 e. The maximum Gasteiger partial charge on any atom is 0.272 e. The van der Waals surface area contributed by atoms with Gasteiger partial charge in [0.2, 0.25) is 5.91 Å². The summed E-state index contributed by atoms with van der Waals surface area (Å²) >= 11 is 13.2. The van der Waals surface area contributed by atoms with Crippen molar-refractivity contribution in [2.45, 2.75) is 17.1 Å². The lowest BCUT2D eigenvalue weighted by Gasteiger charge is -2.14. The van der Waals surface area contributed by atoms with Crippen LogP contribution in [0.1, 0.15) is 22.8 Å². The molecule has 1 unspecified atom stereocenters. The van der Waals surface area contributed by atoms with Gasteiger partial charge in [0, 0.05) is 26.9 Å². The van der Waals surface area contributed by atoms with Crippen LogP contribution >= 0.6 is 35.0 Å². The molecule has 4 aromatic rings. The Morgan fingerprint density at radius 3 is 2.22 bits per heavy atom. The first-order valence-corrected chi connectivity index (χ1v) is 14.0. The molecule has 10 heteroatoms. The summed E-state index contributed by atoms with van der Waals surface area (Å²) in [5, 5.41) is 8.13. The third-order valence-electron chi connectivity index (χ3n) is 5.67. The van der Waals surface area contributed by atoms with E-state index in [0.29, 0.717) is 27.5 Å². The highest BCUT2D eigenvalue weighted by atomic mass is 35.5. The molecule has 0 heterocycles. The van der Waals surface area contributed by atoms with Crippen molar-refractivity contribution in [3.05, 3.63) is 130 Å². The van der Waals surface area contributed by atoms with Crippen molar-refractivity contribution in [1.29, 1.82) is 0 Å². The Kier molecular flexibility index (Phi) is 10.2. The number of amides is 3. The van der Waals surface area contributed by atoms with Crippen molar-refractivity contribution < 1.29 is 18.8 Å². The molecule has 0 radical (unpaired) electrons. The summed E-state index contributed by atoms with van der Waals surface area (Å²) in [6, 6.07) is 26.4. The van der Waals surface area contributed by atoms with Gasteiger partial charge in [-0.2, -0.15) is 0 Å². The zero-order valence-corrected chi connectivity index (χ0v) is 24.0. The van der Waals surface area contributed by atoms with Crippen LogP contribution in [0.15, 0.2) is 108 Å². The van der Waals surface area contributed by atoms with E-state index in [9.17, 15) is 18.8 Å². The molecule has 0 spiro atoms. The average molecular weight is 609 g/mol. The van der Waals surface area contributed by atoms with Crippen LogP contribution in [0, 0.1) is 5.82 Å². The van der Waals surface area contributed by atoms with Gasteiger partial charge in [0.05, 0.1) is 10.3 Å². The first-order valence-electron chi connectivity index (χ1n) is 12.4. The number of thioether (sulfide) groups is 1. The summed E-state index contributed by atoms with van der Waals surface area (Å²) < 4.78 is 13.4. The highest BCUT2D eigenvalue weighted by molar-refractivity contribution is 8.00. The van der Waals surface area contributed by atoms with Gasteiger partial charge in [-0.05, 0) is 85.3 Å². The number of rotatable bonds is 9. The monoisotopic (exact) mass is 607 g/mol. The van der Waals surface area contributed by atoms with E-state index < -0.39 is 22.9 Å². The van der Waals surface area contributed by atoms with Gasteiger partial charge in [0.1, 0.15) is 11.5 Å². The molecule has 4 rings (SSSR count). The minimum absolute atomic E-state index is 0.0331. The van der Waals surface area contributed by atoms with Gasteiger partial charge in [-0.3, -0.25) is 14.4 Å². The highest BCUT2D eigenvalue weighted by Gasteiger charge is 2.17. The summed E-state index contributed by atoms with van der Waals surface area (Å²) in [7, 11) is 0. The fraction of sp³-hybridized carbons (Fsp3) is 0.0645. The molecule has 1 atom stereocenters. The third kappa shape index (κ3) is 8.69. The van der Waals surface area contributed by atoms with Crippen molar-refractivity contribution in [3.63, 3.8) is 0 Å². The Morgan fingerprint density at radius 2 is 1.54 bits per heavy atom. The molecule has 0 bridgehead atoms. The fourth-order valence-electron chi connectivity index (χ4n) is 3.60. The van der Waals surface area contributed by atoms with Crippen LogP contribution < -0.4 is 16.0 Å². The van der Waals surface area contributed by atoms with E-state index in [-0.39, 0.29) is 16.6 Å². The number of anilines is 2. The fourth-order valence-corrected chi connectivity index (χ4v) is 4.84. The smallest absolute Gasteiger partial charge is 0.272 e. The topological polar surface area (TPSA) is 87.3 Å². The highest BCUT2D eigenvalue weighted by Crippen LogP contribution is 2.27. The van der Waals surface area contributed by atoms with Gasteiger partial charge in [0.25, 0.3) is 11.8 Å². The molecular weight excluding hydrogens is 584 g/mol. The van der Waals surface area contributed by atoms with Crippen molar-refractivity contribution >= 4 is 70.1 Å². The van der Waals surface area contributed by atoms with Gasteiger partial charge < -0.3 is 16.0 Å². The Labute approximate surface area is 250 Å². The number of benzene rings is 4. The predicted molar refractivity (Wildman–Crippen MR) is 164 cm³/mol. The molecule has 0 saturated heterocycles. The molecule has 0 fully saturated rings. The van der Waals surface area contributed by atoms with E-state index in [1.807, 2.05) is 0 Å². The normalized spacial score (nSPS) is 11.9. The number of carbonyl (C=O) groups excluding carboxylic acids is 3. The van der Waals surface area contributed by atoms with Crippen LogP contribution in [-0.4, -0.2) is 23.0 Å². The Bertz CT molecular complexity index is 1600. The Morgan fingerprint density at radius 1 is 0.829 bits per heavy atom. The second kappa shape index (κ2) is 14.0. The van der Waals surface area contributed by atoms with E-state index >= 15 is 0 Å². The van der Waals surface area contributed by atoms with Gasteiger partial charge in [-0.25, -0.2) is 4.39 Å². The summed E-state index contributed by atoms with van der Waals surface area (Å²) in [5.74, 6) is -1.80. The van der Waals surface area contributed by atoms with Crippen molar-refractivity contribution in [2.75, 3.05) is 10.6 Å². The molecule has 0 aliphatic heterocycles. The van der Waals surface area contributed by atoms with Gasteiger partial charge in [-0.1, -0.05) is 53.5 Å². The zero-order valence-electron chi connectivity index (χ0n) is 21.7. The van der Waals surface area contributed by atoms with Gasteiger partial charge in [0.15, 0.2) is 0 Å². The summed E-state index contributed by atoms with van der Waals surface area (Å²) in [6.45, 7) is 1.74. The molecule has 41 heavy (non-hydrogen) atoms. The maximum absolute atomic E-state index is 13.4. The van der Waals surface area contributed by atoms with E-state index in [1.165, 1.54) is 30.0 Å². The standard InChI is InChI=1S/C31H24Cl2FN3O3S/c1-19(29(38)36-24-12-15-27(34)26(33)18-24)41-25-13-10-23(11-14-25)35-31(40)28(17-20-6-5-9-22(32)16-20)37-30(39)21-7-3-2-4-8-21/h2-19H,1H3,(H,35,40)(H,36,38)(H,37,39)/b28-17-. The molecule has 0 aliphatic rings. The zero-order chi connectivity index (χ0) is 29.4. The maximum atomic E-state index is 13.4. The first-order chi connectivity index (χ1) is 19.7. The van der Waals surface area contributed by atoms with Crippen LogP contribution in [0.3, 0.4) is 0 Å². The van der Waals surface area contributed by atoms with Crippen LogP contribution in [0.4, 0.5) is 15.8 Å². The second-order valence-electron chi connectivity index (χ2n) is 8.79. The largest absolute Gasteiger partial charge is 0.325 e. The molecule has 4 aromatic carbocycles. The Balaban J connectivity index is 1.42. The lowest BCUT2D eigenvalue weighted by Crippen LogP contribution is -2.30. The quantitative estimate of drug-likeness (QED) is 0.135. The van der Waals surface area contributed by atoms with Crippen molar-refractivity contribution in [1.82, 2.24) is 5.32 Å². The molecular formula is C31H24Cl2FN3O3S. The molecule has 0 saturated carbocycles.